The van der Waals surface area contributed by atoms with Crippen LogP contribution in [-0.4, -0.2) is 24.9 Å². The van der Waals surface area contributed by atoms with Crippen LogP contribution in [0.1, 0.15) is 55.7 Å². The van der Waals surface area contributed by atoms with Crippen LogP contribution in [0.2, 0.25) is 0 Å². The van der Waals surface area contributed by atoms with E-state index in [1.165, 1.54) is 43.2 Å². The molecule has 0 bridgehead atoms. The number of aliphatic hydroxyl groups is 1. The van der Waals surface area contributed by atoms with Crippen LogP contribution >= 0.6 is 0 Å². The molecule has 0 radical (unpaired) electrons. The summed E-state index contributed by atoms with van der Waals surface area (Å²) in [6.07, 6.45) is 8.30. The summed E-state index contributed by atoms with van der Waals surface area (Å²) >= 11 is 0. The monoisotopic (exact) mass is 289 g/mol. The Morgan fingerprint density at radius 3 is 2.95 bits per heavy atom. The summed E-state index contributed by atoms with van der Waals surface area (Å²) < 4.78 is 5.53. The molecule has 0 aliphatic heterocycles. The minimum atomic E-state index is 0.317. The molecule has 0 spiro atoms. The van der Waals surface area contributed by atoms with Gasteiger partial charge in [-0.2, -0.15) is 0 Å². The van der Waals surface area contributed by atoms with Crippen molar-refractivity contribution in [3.05, 3.63) is 29.3 Å². The van der Waals surface area contributed by atoms with Crippen molar-refractivity contribution in [2.75, 3.05) is 13.7 Å². The van der Waals surface area contributed by atoms with E-state index in [4.69, 9.17) is 4.74 Å². The second kappa shape index (κ2) is 6.80. The smallest absolute Gasteiger partial charge is 0.122 e. The van der Waals surface area contributed by atoms with Crippen LogP contribution in [0.25, 0.3) is 0 Å². The molecule has 0 aromatic heterocycles. The minimum absolute atomic E-state index is 0.317. The van der Waals surface area contributed by atoms with E-state index in [0.717, 1.165) is 18.6 Å². The lowest BCUT2D eigenvalue weighted by Gasteiger charge is -2.32. The van der Waals surface area contributed by atoms with Gasteiger partial charge in [0.2, 0.25) is 0 Å². The third kappa shape index (κ3) is 3.09. The predicted molar refractivity (Wildman–Crippen MR) is 84.6 cm³/mol. The highest BCUT2D eigenvalue weighted by Crippen LogP contribution is 2.37. The standard InChI is InChI=1S/C18H27NO2/c1-21-18-10-4-6-14-15(18)7-3-9-17(14)19-16-8-2-5-13(16)11-12-20/h4,6,10,13,16-17,19-20H,2-3,5,7-9,11-12H2,1H3/t13-,16-,17+/m1/s1. The lowest BCUT2D eigenvalue weighted by atomic mass is 9.86. The number of rotatable bonds is 5. The molecule has 3 heteroatoms. The van der Waals surface area contributed by atoms with Crippen LogP contribution in [0.15, 0.2) is 18.2 Å². The van der Waals surface area contributed by atoms with Crippen molar-refractivity contribution in [3.63, 3.8) is 0 Å². The number of hydrogen-bond donors (Lipinski definition) is 2. The average molecular weight is 289 g/mol. The van der Waals surface area contributed by atoms with E-state index in [1.54, 1.807) is 7.11 Å². The number of nitrogens with one attached hydrogen (secondary N) is 1. The normalized spacial score (nSPS) is 28.4. The van der Waals surface area contributed by atoms with Gasteiger partial charge >= 0.3 is 0 Å². The fourth-order valence-electron chi connectivity index (χ4n) is 4.21. The molecule has 0 heterocycles. The van der Waals surface area contributed by atoms with E-state index >= 15 is 0 Å². The molecule has 0 amide bonds. The van der Waals surface area contributed by atoms with E-state index in [2.05, 4.69) is 23.5 Å². The quantitative estimate of drug-likeness (QED) is 0.874. The summed E-state index contributed by atoms with van der Waals surface area (Å²) in [4.78, 5) is 0. The maximum absolute atomic E-state index is 9.23. The summed E-state index contributed by atoms with van der Waals surface area (Å²) in [5.74, 6) is 1.68. The van der Waals surface area contributed by atoms with Gasteiger partial charge in [0.1, 0.15) is 5.75 Å². The van der Waals surface area contributed by atoms with Crippen molar-refractivity contribution in [1.82, 2.24) is 5.32 Å². The molecular weight excluding hydrogens is 262 g/mol. The van der Waals surface area contributed by atoms with Crippen LogP contribution in [0.5, 0.6) is 5.75 Å². The van der Waals surface area contributed by atoms with Crippen molar-refractivity contribution < 1.29 is 9.84 Å². The first-order valence-corrected chi connectivity index (χ1v) is 8.36. The summed E-state index contributed by atoms with van der Waals surface area (Å²) in [6, 6.07) is 7.46. The zero-order valence-corrected chi connectivity index (χ0v) is 13.0. The third-order valence-electron chi connectivity index (χ3n) is 5.26. The zero-order valence-electron chi connectivity index (χ0n) is 13.0. The fraction of sp³-hybridized carbons (Fsp3) is 0.667. The lowest BCUT2D eigenvalue weighted by Crippen LogP contribution is -2.37. The molecule has 1 aromatic carbocycles. The first kappa shape index (κ1) is 14.9. The number of fused-ring (bicyclic) bond motifs is 1. The number of benzene rings is 1. The minimum Gasteiger partial charge on any atom is -0.496 e. The van der Waals surface area contributed by atoms with Crippen LogP contribution in [0.4, 0.5) is 0 Å². The summed E-state index contributed by atoms with van der Waals surface area (Å²) in [7, 11) is 1.76. The van der Waals surface area contributed by atoms with Crippen LogP contribution < -0.4 is 10.1 Å². The van der Waals surface area contributed by atoms with E-state index in [1.807, 2.05) is 0 Å². The number of aliphatic hydroxyl groups excluding tert-OH is 1. The maximum atomic E-state index is 9.23. The Hall–Kier alpha value is -1.06. The Morgan fingerprint density at radius 2 is 2.14 bits per heavy atom. The average Bonchev–Trinajstić information content (AvgIpc) is 2.94. The Morgan fingerprint density at radius 1 is 1.24 bits per heavy atom. The molecular formula is C18H27NO2. The van der Waals surface area contributed by atoms with Crippen molar-refractivity contribution in [2.45, 2.75) is 57.0 Å². The summed E-state index contributed by atoms with van der Waals surface area (Å²) in [5, 5.41) is 13.1. The SMILES string of the molecule is COc1cccc2c1CCC[C@@H]2N[C@@H]1CCC[C@@H]1CCO. The molecule has 2 N–H and O–H groups in total. The Bertz CT molecular complexity index is 474. The van der Waals surface area contributed by atoms with E-state index in [-0.39, 0.29) is 0 Å². The highest BCUT2D eigenvalue weighted by atomic mass is 16.5. The summed E-state index contributed by atoms with van der Waals surface area (Å²) in [5.41, 5.74) is 2.82. The Labute approximate surface area is 127 Å². The number of ether oxygens (including phenoxy) is 1. The molecule has 1 fully saturated rings. The van der Waals surface area contributed by atoms with Crippen LogP contribution in [-0.2, 0) is 6.42 Å². The first-order chi connectivity index (χ1) is 10.3. The number of methoxy groups -OCH3 is 1. The van der Waals surface area contributed by atoms with Crippen molar-refractivity contribution in [1.29, 1.82) is 0 Å². The van der Waals surface area contributed by atoms with Gasteiger partial charge < -0.3 is 15.2 Å². The molecule has 1 saturated carbocycles. The van der Waals surface area contributed by atoms with Gasteiger partial charge in [-0.3, -0.25) is 0 Å². The van der Waals surface area contributed by atoms with Gasteiger partial charge in [0.15, 0.2) is 0 Å². The van der Waals surface area contributed by atoms with Gasteiger partial charge in [-0.15, -0.1) is 0 Å². The predicted octanol–water partition coefficient (Wildman–Crippen LogP) is 3.21. The second-order valence-electron chi connectivity index (χ2n) is 6.45. The van der Waals surface area contributed by atoms with Crippen LogP contribution in [0, 0.1) is 5.92 Å². The molecule has 3 atom stereocenters. The van der Waals surface area contributed by atoms with Gasteiger partial charge in [0.25, 0.3) is 0 Å². The van der Waals surface area contributed by atoms with E-state index in [9.17, 15) is 5.11 Å². The van der Waals surface area contributed by atoms with E-state index in [0.29, 0.717) is 24.6 Å². The zero-order chi connectivity index (χ0) is 14.7. The highest BCUT2D eigenvalue weighted by molar-refractivity contribution is 5.43. The molecule has 21 heavy (non-hydrogen) atoms. The van der Waals surface area contributed by atoms with E-state index < -0.39 is 0 Å². The Balaban J connectivity index is 1.76. The lowest BCUT2D eigenvalue weighted by molar-refractivity contribution is 0.233. The largest absolute Gasteiger partial charge is 0.496 e. The van der Waals surface area contributed by atoms with Gasteiger partial charge in [-0.25, -0.2) is 0 Å². The molecule has 116 valence electrons. The number of hydrogen-bond acceptors (Lipinski definition) is 3. The topological polar surface area (TPSA) is 41.5 Å². The van der Waals surface area contributed by atoms with Crippen molar-refractivity contribution in [2.24, 2.45) is 5.92 Å². The molecule has 0 unspecified atom stereocenters. The van der Waals surface area contributed by atoms with Gasteiger partial charge in [-0.05, 0) is 61.6 Å². The Kier molecular flexibility index (Phi) is 4.81. The highest BCUT2D eigenvalue weighted by Gasteiger charge is 2.31. The molecule has 2 aliphatic rings. The fourth-order valence-corrected chi connectivity index (χ4v) is 4.21. The second-order valence-corrected chi connectivity index (χ2v) is 6.45. The molecule has 3 nitrogen and oxygen atoms in total. The van der Waals surface area contributed by atoms with Gasteiger partial charge in [0, 0.05) is 18.7 Å². The van der Waals surface area contributed by atoms with Crippen LogP contribution in [0.3, 0.4) is 0 Å². The molecule has 0 saturated heterocycles. The molecule has 2 aliphatic carbocycles. The van der Waals surface area contributed by atoms with Gasteiger partial charge in [0.05, 0.1) is 7.11 Å². The van der Waals surface area contributed by atoms with Gasteiger partial charge in [-0.1, -0.05) is 18.6 Å². The molecule has 3 rings (SSSR count). The maximum Gasteiger partial charge on any atom is 0.122 e. The first-order valence-electron chi connectivity index (χ1n) is 8.36. The van der Waals surface area contributed by atoms with Crippen molar-refractivity contribution in [3.8, 4) is 5.75 Å². The summed E-state index contributed by atoms with van der Waals surface area (Å²) in [6.45, 7) is 0.317. The third-order valence-corrected chi connectivity index (χ3v) is 5.26. The van der Waals surface area contributed by atoms with Crippen molar-refractivity contribution >= 4 is 0 Å². The molecule has 1 aromatic rings.